The fourth-order valence-electron chi connectivity index (χ4n) is 1.23. The van der Waals surface area contributed by atoms with Crippen LogP contribution >= 0.6 is 43.2 Å². The molecule has 0 unspecified atom stereocenters. The van der Waals surface area contributed by atoms with Gasteiger partial charge in [-0.2, -0.15) is 0 Å². The Morgan fingerprint density at radius 1 is 1.47 bits per heavy atom. The van der Waals surface area contributed by atoms with Crippen LogP contribution in [0.5, 0.6) is 0 Å². The molecular formula is C11H8Br2N2OS. The first-order chi connectivity index (χ1) is 8.08. The number of carbonyl (C=O) groups excluding carboxylic acids is 1. The molecule has 0 spiro atoms. The van der Waals surface area contributed by atoms with E-state index in [2.05, 4.69) is 42.2 Å². The lowest BCUT2D eigenvalue weighted by Crippen LogP contribution is -2.10. The minimum atomic E-state index is -0.127. The van der Waals surface area contributed by atoms with Gasteiger partial charge in [0, 0.05) is 6.20 Å². The molecule has 2 heterocycles. The summed E-state index contributed by atoms with van der Waals surface area (Å²) in [5.74, 6) is -0.127. The van der Waals surface area contributed by atoms with Gasteiger partial charge in [-0.15, -0.1) is 11.3 Å². The second-order valence-electron chi connectivity index (χ2n) is 3.36. The predicted octanol–water partition coefficient (Wildman–Crippen LogP) is 4.23. The van der Waals surface area contributed by atoms with Crippen molar-refractivity contribution in [3.63, 3.8) is 0 Å². The Morgan fingerprint density at radius 3 is 2.82 bits per heavy atom. The van der Waals surface area contributed by atoms with Crippen molar-refractivity contribution in [3.05, 3.63) is 43.2 Å². The van der Waals surface area contributed by atoms with Crippen LogP contribution in [0, 0.1) is 6.92 Å². The van der Waals surface area contributed by atoms with Crippen molar-refractivity contribution in [2.75, 3.05) is 5.32 Å². The zero-order valence-electron chi connectivity index (χ0n) is 8.83. The number of hydrogen-bond acceptors (Lipinski definition) is 3. The minimum absolute atomic E-state index is 0.127. The highest BCUT2D eigenvalue weighted by Crippen LogP contribution is 2.28. The third-order valence-electron chi connectivity index (χ3n) is 2.09. The first kappa shape index (κ1) is 12.7. The van der Waals surface area contributed by atoms with Gasteiger partial charge in [-0.05, 0) is 62.5 Å². The molecule has 2 aromatic heterocycles. The smallest absolute Gasteiger partial charge is 0.265 e. The maximum atomic E-state index is 12.0. The van der Waals surface area contributed by atoms with E-state index < -0.39 is 0 Å². The Labute approximate surface area is 120 Å². The lowest BCUT2D eigenvalue weighted by molar-refractivity contribution is 0.103. The molecule has 0 aromatic carbocycles. The van der Waals surface area contributed by atoms with Gasteiger partial charge in [0.05, 0.1) is 14.4 Å². The van der Waals surface area contributed by atoms with Crippen molar-refractivity contribution < 1.29 is 4.79 Å². The molecule has 88 valence electrons. The summed E-state index contributed by atoms with van der Waals surface area (Å²) in [6, 6.07) is 5.43. The van der Waals surface area contributed by atoms with Crippen molar-refractivity contribution in [3.8, 4) is 0 Å². The number of nitrogens with one attached hydrogen (secondary N) is 1. The summed E-state index contributed by atoms with van der Waals surface area (Å²) in [7, 11) is 0. The first-order valence-corrected chi connectivity index (χ1v) is 7.16. The highest BCUT2D eigenvalue weighted by atomic mass is 79.9. The van der Waals surface area contributed by atoms with Crippen molar-refractivity contribution in [2.24, 2.45) is 0 Å². The van der Waals surface area contributed by atoms with E-state index >= 15 is 0 Å². The molecule has 17 heavy (non-hydrogen) atoms. The number of thiophene rings is 1. The zero-order chi connectivity index (χ0) is 12.4. The van der Waals surface area contributed by atoms with Gasteiger partial charge in [0.15, 0.2) is 0 Å². The maximum absolute atomic E-state index is 12.0. The SMILES string of the molecule is Cc1cc(C(=O)Nc2cccnc2Br)sc1Br. The van der Waals surface area contributed by atoms with Crippen molar-refractivity contribution >= 4 is 54.8 Å². The molecule has 0 atom stereocenters. The number of amides is 1. The van der Waals surface area contributed by atoms with Gasteiger partial charge in [0.25, 0.3) is 5.91 Å². The average molecular weight is 376 g/mol. The summed E-state index contributed by atoms with van der Waals surface area (Å²) in [5.41, 5.74) is 1.73. The molecule has 2 rings (SSSR count). The zero-order valence-corrected chi connectivity index (χ0v) is 12.8. The number of anilines is 1. The molecule has 3 nitrogen and oxygen atoms in total. The Bertz CT molecular complexity index is 549. The Kier molecular flexibility index (Phi) is 3.96. The van der Waals surface area contributed by atoms with Gasteiger partial charge < -0.3 is 5.32 Å². The van der Waals surface area contributed by atoms with Crippen LogP contribution in [0.25, 0.3) is 0 Å². The van der Waals surface area contributed by atoms with E-state index in [1.165, 1.54) is 11.3 Å². The van der Waals surface area contributed by atoms with E-state index in [0.29, 0.717) is 15.2 Å². The summed E-state index contributed by atoms with van der Waals surface area (Å²) in [5, 5.41) is 2.81. The van der Waals surface area contributed by atoms with E-state index in [-0.39, 0.29) is 5.91 Å². The van der Waals surface area contributed by atoms with Gasteiger partial charge in [-0.25, -0.2) is 4.98 Å². The van der Waals surface area contributed by atoms with Crippen molar-refractivity contribution in [1.82, 2.24) is 4.98 Å². The molecule has 0 aliphatic carbocycles. The van der Waals surface area contributed by atoms with E-state index in [1.807, 2.05) is 13.0 Å². The van der Waals surface area contributed by atoms with Crippen LogP contribution < -0.4 is 5.32 Å². The van der Waals surface area contributed by atoms with Crippen molar-refractivity contribution in [1.29, 1.82) is 0 Å². The largest absolute Gasteiger partial charge is 0.319 e. The molecule has 0 aliphatic heterocycles. The molecule has 1 amide bonds. The van der Waals surface area contributed by atoms with Crippen LogP contribution in [-0.2, 0) is 0 Å². The highest BCUT2D eigenvalue weighted by molar-refractivity contribution is 9.11. The topological polar surface area (TPSA) is 42.0 Å². The lowest BCUT2D eigenvalue weighted by atomic mass is 10.3. The molecule has 0 saturated carbocycles. The quantitative estimate of drug-likeness (QED) is 0.798. The Morgan fingerprint density at radius 2 is 2.24 bits per heavy atom. The number of carbonyl (C=O) groups is 1. The molecule has 0 radical (unpaired) electrons. The Hall–Kier alpha value is -0.720. The summed E-state index contributed by atoms with van der Waals surface area (Å²) in [6.07, 6.45) is 1.66. The van der Waals surface area contributed by atoms with E-state index in [0.717, 1.165) is 9.35 Å². The predicted molar refractivity (Wildman–Crippen MR) is 76.6 cm³/mol. The molecule has 0 aliphatic rings. The fraction of sp³-hybridized carbons (Fsp3) is 0.0909. The summed E-state index contributed by atoms with van der Waals surface area (Å²) < 4.78 is 1.61. The molecule has 0 fully saturated rings. The standard InChI is InChI=1S/C11H8Br2N2OS/c1-6-5-8(17-10(6)13)11(16)15-7-3-2-4-14-9(7)12/h2-5H,1H3,(H,15,16). The monoisotopic (exact) mass is 374 g/mol. The van der Waals surface area contributed by atoms with E-state index in [9.17, 15) is 4.79 Å². The van der Waals surface area contributed by atoms with Gasteiger partial charge in [-0.3, -0.25) is 4.79 Å². The van der Waals surface area contributed by atoms with Crippen LogP contribution in [0.4, 0.5) is 5.69 Å². The molecule has 2 aromatic rings. The third-order valence-corrected chi connectivity index (χ3v) is 4.86. The van der Waals surface area contributed by atoms with Crippen LogP contribution in [-0.4, -0.2) is 10.9 Å². The number of halogens is 2. The van der Waals surface area contributed by atoms with E-state index in [4.69, 9.17) is 0 Å². The molecule has 0 saturated heterocycles. The van der Waals surface area contributed by atoms with E-state index in [1.54, 1.807) is 18.3 Å². The van der Waals surface area contributed by atoms with Gasteiger partial charge in [-0.1, -0.05) is 0 Å². The molecule has 1 N–H and O–H groups in total. The third kappa shape index (κ3) is 2.94. The fourth-order valence-corrected chi connectivity index (χ4v) is 3.01. The number of hydrogen-bond donors (Lipinski definition) is 1. The second kappa shape index (κ2) is 5.29. The number of aromatic nitrogens is 1. The number of aryl methyl sites for hydroxylation is 1. The first-order valence-electron chi connectivity index (χ1n) is 4.75. The van der Waals surface area contributed by atoms with Gasteiger partial charge in [0.2, 0.25) is 0 Å². The van der Waals surface area contributed by atoms with Crippen molar-refractivity contribution in [2.45, 2.75) is 6.92 Å². The van der Waals surface area contributed by atoms with Crippen LogP contribution in [0.3, 0.4) is 0 Å². The molecule has 6 heteroatoms. The minimum Gasteiger partial charge on any atom is -0.319 e. The number of pyridine rings is 1. The summed E-state index contributed by atoms with van der Waals surface area (Å²) in [4.78, 5) is 16.7. The van der Waals surface area contributed by atoms with Crippen LogP contribution in [0.15, 0.2) is 32.8 Å². The number of nitrogens with zero attached hydrogens (tertiary/aromatic N) is 1. The normalized spacial score (nSPS) is 10.3. The molecular weight excluding hydrogens is 368 g/mol. The van der Waals surface area contributed by atoms with Crippen LogP contribution in [0.1, 0.15) is 15.2 Å². The van der Waals surface area contributed by atoms with Gasteiger partial charge >= 0.3 is 0 Å². The number of rotatable bonds is 2. The van der Waals surface area contributed by atoms with Gasteiger partial charge in [0.1, 0.15) is 4.60 Å². The maximum Gasteiger partial charge on any atom is 0.265 e. The highest BCUT2D eigenvalue weighted by Gasteiger charge is 2.12. The second-order valence-corrected chi connectivity index (χ2v) is 6.48. The Balaban J connectivity index is 2.20. The summed E-state index contributed by atoms with van der Waals surface area (Å²) in [6.45, 7) is 1.96. The average Bonchev–Trinajstić information content (AvgIpc) is 2.63. The lowest BCUT2D eigenvalue weighted by Gasteiger charge is -2.04. The summed E-state index contributed by atoms with van der Waals surface area (Å²) >= 11 is 8.10. The van der Waals surface area contributed by atoms with Crippen LogP contribution in [0.2, 0.25) is 0 Å². The molecule has 0 bridgehead atoms.